The molecule has 4 rings (SSSR count). The van der Waals surface area contributed by atoms with Gasteiger partial charge >= 0.3 is 0 Å². The predicted octanol–water partition coefficient (Wildman–Crippen LogP) is 2.61. The van der Waals surface area contributed by atoms with Crippen molar-refractivity contribution in [3.8, 4) is 0 Å². The molecule has 2 heterocycles. The number of aryl methyl sites for hydroxylation is 1. The summed E-state index contributed by atoms with van der Waals surface area (Å²) in [7, 11) is -3.58. The number of nitrogens with zero attached hydrogens (tertiary/aromatic N) is 4. The molecule has 1 saturated heterocycles. The molecule has 9 heteroatoms. The number of para-hydroxylation sites is 2. The summed E-state index contributed by atoms with van der Waals surface area (Å²) in [5.41, 5.74) is 1.90. The molecule has 2 aromatic carbocycles. The molecule has 1 aliphatic rings. The molecule has 0 unspecified atom stereocenters. The number of rotatable bonds is 5. The molecule has 152 valence electrons. The minimum atomic E-state index is -3.58. The number of carbonyl (C=O) groups is 1. The smallest absolute Gasteiger partial charge is 0.243 e. The summed E-state index contributed by atoms with van der Waals surface area (Å²) < 4.78 is 28.9. The van der Waals surface area contributed by atoms with Gasteiger partial charge in [0.1, 0.15) is 0 Å². The molecule has 0 aliphatic carbocycles. The summed E-state index contributed by atoms with van der Waals surface area (Å²) in [5.74, 6) is 0.0197. The number of imidazole rings is 1. The standard InChI is InChI=1S/C20H21ClN4O3S/c21-16-5-7-17(8-6-16)29(27,28)25-13-11-23(12-14-25)20(26)9-10-24-15-22-18-3-1-2-4-19(18)24/h1-8,15H,9-14H2. The van der Waals surface area contributed by atoms with Crippen LogP contribution in [0.5, 0.6) is 0 Å². The Balaban J connectivity index is 1.34. The van der Waals surface area contributed by atoms with E-state index in [0.29, 0.717) is 31.1 Å². The summed E-state index contributed by atoms with van der Waals surface area (Å²) in [5, 5.41) is 0.491. The number of sulfonamides is 1. The SMILES string of the molecule is O=C(CCn1cnc2ccccc21)N1CCN(S(=O)(=O)c2ccc(Cl)cc2)CC1. The molecule has 0 spiro atoms. The van der Waals surface area contributed by atoms with E-state index in [9.17, 15) is 13.2 Å². The zero-order valence-corrected chi connectivity index (χ0v) is 17.3. The Morgan fingerprint density at radius 3 is 2.41 bits per heavy atom. The van der Waals surface area contributed by atoms with E-state index < -0.39 is 10.0 Å². The van der Waals surface area contributed by atoms with Crippen LogP contribution in [0.4, 0.5) is 0 Å². The predicted molar refractivity (Wildman–Crippen MR) is 111 cm³/mol. The van der Waals surface area contributed by atoms with Gasteiger partial charge in [-0.1, -0.05) is 23.7 Å². The highest BCUT2D eigenvalue weighted by Gasteiger charge is 2.29. The second-order valence-corrected chi connectivity index (χ2v) is 9.29. The molecule has 29 heavy (non-hydrogen) atoms. The maximum absolute atomic E-state index is 12.7. The quantitative estimate of drug-likeness (QED) is 0.621. The van der Waals surface area contributed by atoms with Crippen LogP contribution in [0.15, 0.2) is 59.8 Å². The van der Waals surface area contributed by atoms with Crippen LogP contribution in [0, 0.1) is 0 Å². The van der Waals surface area contributed by atoms with E-state index >= 15 is 0 Å². The number of amides is 1. The Morgan fingerprint density at radius 1 is 1.00 bits per heavy atom. The number of carbonyl (C=O) groups excluding carboxylic acids is 1. The molecule has 1 fully saturated rings. The Bertz CT molecular complexity index is 1120. The minimum absolute atomic E-state index is 0.0197. The molecule has 0 atom stereocenters. The molecule has 7 nitrogen and oxygen atoms in total. The van der Waals surface area contributed by atoms with Crippen LogP contribution in [-0.4, -0.2) is 59.3 Å². The first-order valence-electron chi connectivity index (χ1n) is 9.38. The Labute approximate surface area is 174 Å². The summed E-state index contributed by atoms with van der Waals surface area (Å²) in [4.78, 5) is 18.9. The van der Waals surface area contributed by atoms with Crippen LogP contribution in [0.2, 0.25) is 5.02 Å². The number of fused-ring (bicyclic) bond motifs is 1. The van der Waals surface area contributed by atoms with Gasteiger partial charge in [-0.2, -0.15) is 4.31 Å². The van der Waals surface area contributed by atoms with Gasteiger partial charge in [-0.25, -0.2) is 13.4 Å². The highest BCUT2D eigenvalue weighted by atomic mass is 35.5. The zero-order valence-electron chi connectivity index (χ0n) is 15.7. The molecule has 0 saturated carbocycles. The van der Waals surface area contributed by atoms with Crippen molar-refractivity contribution in [3.05, 3.63) is 59.9 Å². The lowest BCUT2D eigenvalue weighted by Crippen LogP contribution is -2.50. The first-order chi connectivity index (χ1) is 13.9. The topological polar surface area (TPSA) is 75.5 Å². The van der Waals surface area contributed by atoms with Crippen LogP contribution in [0.1, 0.15) is 6.42 Å². The molecule has 1 aromatic heterocycles. The average Bonchev–Trinajstić information content (AvgIpc) is 3.15. The van der Waals surface area contributed by atoms with Gasteiger partial charge in [0.2, 0.25) is 15.9 Å². The van der Waals surface area contributed by atoms with Gasteiger partial charge in [0.05, 0.1) is 22.3 Å². The monoisotopic (exact) mass is 432 g/mol. The molecule has 0 bridgehead atoms. The van der Waals surface area contributed by atoms with Crippen molar-refractivity contribution in [1.82, 2.24) is 18.8 Å². The van der Waals surface area contributed by atoms with Gasteiger partial charge in [0.25, 0.3) is 0 Å². The van der Waals surface area contributed by atoms with Gasteiger partial charge in [0, 0.05) is 44.2 Å². The van der Waals surface area contributed by atoms with Crippen molar-refractivity contribution >= 4 is 38.6 Å². The van der Waals surface area contributed by atoms with Gasteiger partial charge in [0.15, 0.2) is 0 Å². The first-order valence-corrected chi connectivity index (χ1v) is 11.2. The Kier molecular flexibility index (Phi) is 5.58. The summed E-state index contributed by atoms with van der Waals surface area (Å²) >= 11 is 5.84. The molecular weight excluding hydrogens is 412 g/mol. The number of benzene rings is 2. The van der Waals surface area contributed by atoms with E-state index in [4.69, 9.17) is 11.6 Å². The van der Waals surface area contributed by atoms with E-state index in [2.05, 4.69) is 4.98 Å². The largest absolute Gasteiger partial charge is 0.340 e. The van der Waals surface area contributed by atoms with Gasteiger partial charge in [-0.3, -0.25) is 4.79 Å². The van der Waals surface area contributed by atoms with Crippen molar-refractivity contribution in [2.45, 2.75) is 17.9 Å². The fourth-order valence-corrected chi connectivity index (χ4v) is 5.04. The molecule has 1 aliphatic heterocycles. The van der Waals surface area contributed by atoms with E-state index in [0.717, 1.165) is 11.0 Å². The third-order valence-electron chi connectivity index (χ3n) is 5.14. The summed E-state index contributed by atoms with van der Waals surface area (Å²) in [6.07, 6.45) is 2.10. The van der Waals surface area contributed by atoms with E-state index in [-0.39, 0.29) is 23.9 Å². The van der Waals surface area contributed by atoms with Crippen molar-refractivity contribution in [3.63, 3.8) is 0 Å². The van der Waals surface area contributed by atoms with Crippen LogP contribution in [0.3, 0.4) is 0 Å². The van der Waals surface area contributed by atoms with Crippen LogP contribution >= 0.6 is 11.6 Å². The third-order valence-corrected chi connectivity index (χ3v) is 7.30. The zero-order chi connectivity index (χ0) is 20.4. The molecule has 0 N–H and O–H groups in total. The summed E-state index contributed by atoms with van der Waals surface area (Å²) in [6, 6.07) is 13.9. The molecular formula is C20H21ClN4O3S. The number of hydrogen-bond donors (Lipinski definition) is 0. The average molecular weight is 433 g/mol. The van der Waals surface area contributed by atoms with E-state index in [1.807, 2.05) is 28.8 Å². The Morgan fingerprint density at radius 2 is 1.69 bits per heavy atom. The lowest BCUT2D eigenvalue weighted by atomic mass is 10.3. The fourth-order valence-electron chi connectivity index (χ4n) is 3.50. The van der Waals surface area contributed by atoms with E-state index in [1.54, 1.807) is 23.4 Å². The van der Waals surface area contributed by atoms with Crippen LogP contribution in [0.25, 0.3) is 11.0 Å². The first kappa shape index (κ1) is 19.9. The maximum atomic E-state index is 12.7. The molecule has 3 aromatic rings. The van der Waals surface area contributed by atoms with Crippen molar-refractivity contribution in [2.75, 3.05) is 26.2 Å². The highest BCUT2D eigenvalue weighted by Crippen LogP contribution is 2.20. The second-order valence-electron chi connectivity index (χ2n) is 6.92. The Hall–Kier alpha value is -2.42. The van der Waals surface area contributed by atoms with Crippen molar-refractivity contribution in [2.24, 2.45) is 0 Å². The van der Waals surface area contributed by atoms with Crippen LogP contribution < -0.4 is 0 Å². The lowest BCUT2D eigenvalue weighted by molar-refractivity contribution is -0.132. The van der Waals surface area contributed by atoms with Gasteiger partial charge in [-0.05, 0) is 36.4 Å². The van der Waals surface area contributed by atoms with Gasteiger partial charge < -0.3 is 9.47 Å². The van der Waals surface area contributed by atoms with Gasteiger partial charge in [-0.15, -0.1) is 0 Å². The van der Waals surface area contributed by atoms with E-state index in [1.165, 1.54) is 16.4 Å². The highest BCUT2D eigenvalue weighted by molar-refractivity contribution is 7.89. The lowest BCUT2D eigenvalue weighted by Gasteiger charge is -2.34. The second kappa shape index (κ2) is 8.14. The van der Waals surface area contributed by atoms with Crippen molar-refractivity contribution in [1.29, 1.82) is 0 Å². The maximum Gasteiger partial charge on any atom is 0.243 e. The number of hydrogen-bond acceptors (Lipinski definition) is 4. The molecule has 0 radical (unpaired) electrons. The minimum Gasteiger partial charge on any atom is -0.340 e. The van der Waals surface area contributed by atoms with Crippen LogP contribution in [-0.2, 0) is 21.4 Å². The molecule has 1 amide bonds. The summed E-state index contributed by atoms with van der Waals surface area (Å²) in [6.45, 7) is 1.88. The fraction of sp³-hybridized carbons (Fsp3) is 0.300. The number of halogens is 1. The van der Waals surface area contributed by atoms with Crippen molar-refractivity contribution < 1.29 is 13.2 Å². The number of piperazine rings is 1. The normalized spacial score (nSPS) is 15.7. The third kappa shape index (κ3) is 4.14. The number of aromatic nitrogens is 2.